The number of quaternary nitrogens is 2. The van der Waals surface area contributed by atoms with Gasteiger partial charge in [0.05, 0.1) is 39.3 Å². The van der Waals surface area contributed by atoms with Gasteiger partial charge in [-0.2, -0.15) is 0 Å². The molecule has 2 heterocycles. The van der Waals surface area contributed by atoms with Crippen molar-refractivity contribution in [2.45, 2.75) is 33.2 Å². The number of benzene rings is 2. The molecule has 0 radical (unpaired) electrons. The maximum absolute atomic E-state index is 12.5. The molecular weight excluding hydrogens is 372 g/mol. The first kappa shape index (κ1) is 20.9. The molecule has 5 heteroatoms. The maximum atomic E-state index is 12.5. The van der Waals surface area contributed by atoms with Crippen molar-refractivity contribution in [1.82, 2.24) is 0 Å². The van der Waals surface area contributed by atoms with E-state index in [0.717, 1.165) is 38.4 Å². The molecule has 160 valence electrons. The third-order valence-electron chi connectivity index (χ3n) is 6.80. The third-order valence-corrected chi connectivity index (χ3v) is 6.80. The molecule has 0 bridgehead atoms. The fraction of sp³-hybridized carbons (Fsp3) is 0.480. The second-order valence-electron chi connectivity index (χ2n) is 9.01. The quantitative estimate of drug-likeness (QED) is 0.663. The highest BCUT2D eigenvalue weighted by molar-refractivity contribution is 5.91. The van der Waals surface area contributed by atoms with Gasteiger partial charge in [0.1, 0.15) is 6.54 Å². The number of nitrogens with one attached hydrogen (secondary N) is 3. The number of piperazine rings is 1. The summed E-state index contributed by atoms with van der Waals surface area (Å²) in [6.07, 6.45) is 2.70. The number of hydrogen-bond acceptors (Lipinski definition) is 2. The number of hydrogen-bond donors (Lipinski definition) is 3. The van der Waals surface area contributed by atoms with Crippen LogP contribution in [0.2, 0.25) is 0 Å². The summed E-state index contributed by atoms with van der Waals surface area (Å²) in [5.74, 6) is 0.114. The fourth-order valence-corrected chi connectivity index (χ4v) is 4.80. The standard InChI is InChI=1S/C25H34N4O/c1-20-6-5-7-24(21(20)2)29-16-14-28(15-17-29)19-25(30)26-23-10-8-22(9-11-23)18-27-12-3-4-13-27/h5-11H,3-4,12-19H2,1-2H3,(H,26,30)/p+2. The van der Waals surface area contributed by atoms with E-state index in [1.54, 1.807) is 4.90 Å². The molecule has 3 N–H and O–H groups in total. The van der Waals surface area contributed by atoms with Crippen LogP contribution in [-0.2, 0) is 11.3 Å². The topological polar surface area (TPSA) is 41.2 Å². The molecule has 2 aromatic carbocycles. The fourth-order valence-electron chi connectivity index (χ4n) is 4.80. The Morgan fingerprint density at radius 3 is 2.33 bits per heavy atom. The zero-order valence-electron chi connectivity index (χ0n) is 18.5. The van der Waals surface area contributed by atoms with Crippen LogP contribution in [0.15, 0.2) is 42.5 Å². The van der Waals surface area contributed by atoms with Gasteiger partial charge in [-0.05, 0) is 43.2 Å². The second kappa shape index (κ2) is 9.63. The number of nitrogens with zero attached hydrogens (tertiary/aromatic N) is 1. The van der Waals surface area contributed by atoms with Gasteiger partial charge in [-0.25, -0.2) is 0 Å². The molecule has 0 aromatic heterocycles. The van der Waals surface area contributed by atoms with Gasteiger partial charge in [-0.1, -0.05) is 24.3 Å². The summed E-state index contributed by atoms with van der Waals surface area (Å²) in [5.41, 5.74) is 6.32. The summed E-state index contributed by atoms with van der Waals surface area (Å²) in [6.45, 7) is 12.6. The van der Waals surface area contributed by atoms with Gasteiger partial charge in [-0.3, -0.25) is 4.79 Å². The molecule has 5 nitrogen and oxygen atoms in total. The second-order valence-corrected chi connectivity index (χ2v) is 9.01. The Labute approximate surface area is 180 Å². The van der Waals surface area contributed by atoms with Crippen molar-refractivity contribution in [2.24, 2.45) is 0 Å². The van der Waals surface area contributed by atoms with Crippen molar-refractivity contribution in [3.05, 3.63) is 59.2 Å². The Bertz CT molecular complexity index is 850. The lowest BCUT2D eigenvalue weighted by Gasteiger charge is -2.34. The molecule has 2 fully saturated rings. The van der Waals surface area contributed by atoms with Gasteiger partial charge in [-0.15, -0.1) is 0 Å². The first-order valence-electron chi connectivity index (χ1n) is 11.5. The number of anilines is 2. The summed E-state index contributed by atoms with van der Waals surface area (Å²) >= 11 is 0. The van der Waals surface area contributed by atoms with Crippen LogP contribution in [0.3, 0.4) is 0 Å². The zero-order valence-corrected chi connectivity index (χ0v) is 18.5. The van der Waals surface area contributed by atoms with Crippen LogP contribution >= 0.6 is 0 Å². The third kappa shape index (κ3) is 5.21. The van der Waals surface area contributed by atoms with Crippen molar-refractivity contribution in [3.8, 4) is 0 Å². The Balaban J connectivity index is 1.23. The maximum Gasteiger partial charge on any atom is 0.279 e. The van der Waals surface area contributed by atoms with E-state index in [-0.39, 0.29) is 5.91 Å². The van der Waals surface area contributed by atoms with Gasteiger partial charge in [0.25, 0.3) is 5.91 Å². The van der Waals surface area contributed by atoms with Crippen LogP contribution in [0.5, 0.6) is 0 Å². The van der Waals surface area contributed by atoms with E-state index < -0.39 is 0 Å². The summed E-state index contributed by atoms with van der Waals surface area (Å²) in [6, 6.07) is 15.0. The lowest BCUT2D eigenvalue weighted by Crippen LogP contribution is -3.15. The normalized spacial score (nSPS) is 18.0. The number of aryl methyl sites for hydroxylation is 1. The molecule has 0 spiro atoms. The number of rotatable bonds is 6. The molecule has 0 saturated carbocycles. The first-order valence-corrected chi connectivity index (χ1v) is 11.5. The van der Waals surface area contributed by atoms with Crippen molar-refractivity contribution in [1.29, 1.82) is 0 Å². The summed E-state index contributed by atoms with van der Waals surface area (Å²) < 4.78 is 0. The number of carbonyl (C=O) groups excluding carboxylic acids is 1. The molecule has 4 rings (SSSR count). The predicted octanol–water partition coefficient (Wildman–Crippen LogP) is 0.826. The molecule has 30 heavy (non-hydrogen) atoms. The van der Waals surface area contributed by atoms with Crippen LogP contribution in [0.25, 0.3) is 0 Å². The highest BCUT2D eigenvalue weighted by atomic mass is 16.2. The minimum absolute atomic E-state index is 0.114. The molecule has 0 aliphatic carbocycles. The largest absolute Gasteiger partial charge is 0.360 e. The van der Waals surface area contributed by atoms with E-state index in [4.69, 9.17) is 0 Å². The molecule has 2 aliphatic heterocycles. The van der Waals surface area contributed by atoms with Gasteiger partial charge in [0, 0.05) is 29.8 Å². The summed E-state index contributed by atoms with van der Waals surface area (Å²) in [5, 5.41) is 3.09. The zero-order chi connectivity index (χ0) is 20.9. The first-order chi connectivity index (χ1) is 14.6. The molecule has 2 aromatic rings. The molecular formula is C25H36N4O+2. The minimum Gasteiger partial charge on any atom is -0.360 e. The summed E-state index contributed by atoms with van der Waals surface area (Å²) in [4.78, 5) is 18.0. The van der Waals surface area contributed by atoms with Crippen molar-refractivity contribution >= 4 is 17.3 Å². The van der Waals surface area contributed by atoms with Crippen molar-refractivity contribution < 1.29 is 14.6 Å². The van der Waals surface area contributed by atoms with Gasteiger partial charge in [0.2, 0.25) is 0 Å². The Morgan fingerprint density at radius 2 is 1.63 bits per heavy atom. The molecule has 2 saturated heterocycles. The lowest BCUT2D eigenvalue weighted by atomic mass is 10.1. The van der Waals surface area contributed by atoms with E-state index in [0.29, 0.717) is 6.54 Å². The average molecular weight is 409 g/mol. The Kier molecular flexibility index (Phi) is 6.70. The molecule has 1 amide bonds. The highest BCUT2D eigenvalue weighted by Crippen LogP contribution is 2.22. The van der Waals surface area contributed by atoms with E-state index in [1.165, 1.54) is 53.2 Å². The van der Waals surface area contributed by atoms with Crippen LogP contribution < -0.4 is 20.0 Å². The van der Waals surface area contributed by atoms with E-state index in [2.05, 4.69) is 66.5 Å². The van der Waals surface area contributed by atoms with Crippen molar-refractivity contribution in [2.75, 3.05) is 56.0 Å². The number of carbonyl (C=O) groups is 1. The van der Waals surface area contributed by atoms with E-state index in [1.807, 2.05) is 0 Å². The molecule has 0 atom stereocenters. The Morgan fingerprint density at radius 1 is 0.933 bits per heavy atom. The number of amides is 1. The Hall–Kier alpha value is -2.37. The van der Waals surface area contributed by atoms with Gasteiger partial charge < -0.3 is 20.0 Å². The summed E-state index contributed by atoms with van der Waals surface area (Å²) in [7, 11) is 0. The highest BCUT2D eigenvalue weighted by Gasteiger charge is 2.23. The lowest BCUT2D eigenvalue weighted by molar-refractivity contribution is -0.901. The van der Waals surface area contributed by atoms with Gasteiger partial charge in [0.15, 0.2) is 6.54 Å². The average Bonchev–Trinajstić information content (AvgIpc) is 3.25. The van der Waals surface area contributed by atoms with Gasteiger partial charge >= 0.3 is 0 Å². The monoisotopic (exact) mass is 408 g/mol. The van der Waals surface area contributed by atoms with Crippen LogP contribution in [-0.4, -0.2) is 51.7 Å². The smallest absolute Gasteiger partial charge is 0.279 e. The van der Waals surface area contributed by atoms with E-state index in [9.17, 15) is 4.79 Å². The minimum atomic E-state index is 0.114. The SMILES string of the molecule is Cc1cccc(N2CC[NH+](CC(=O)Nc3ccc(C[NH+]4CCCC4)cc3)CC2)c1C. The van der Waals surface area contributed by atoms with Crippen LogP contribution in [0.4, 0.5) is 11.4 Å². The number of likely N-dealkylation sites (tertiary alicyclic amines) is 1. The molecule has 2 aliphatic rings. The van der Waals surface area contributed by atoms with E-state index >= 15 is 0 Å². The van der Waals surface area contributed by atoms with Crippen LogP contribution in [0, 0.1) is 13.8 Å². The van der Waals surface area contributed by atoms with Crippen molar-refractivity contribution in [3.63, 3.8) is 0 Å². The predicted molar refractivity (Wildman–Crippen MR) is 122 cm³/mol. The molecule has 0 unspecified atom stereocenters. The van der Waals surface area contributed by atoms with Crippen LogP contribution in [0.1, 0.15) is 29.5 Å².